The molecule has 5 heteroatoms. The minimum atomic E-state index is -4.07. The van der Waals surface area contributed by atoms with Crippen molar-refractivity contribution in [1.29, 1.82) is 0 Å². The number of alkyl halides is 3. The van der Waals surface area contributed by atoms with Gasteiger partial charge in [-0.2, -0.15) is 13.2 Å². The standard InChI is InChI=1S/C18H25F3N2/c19-18(20,21)15-8-10-23(11-9-15)17-7-6-14(12-16(17)22)13-4-2-1-3-5-13/h6-7,12-13,15H,1-5,8-11,22H2. The van der Waals surface area contributed by atoms with Crippen LogP contribution in [0.3, 0.4) is 0 Å². The highest BCUT2D eigenvalue weighted by atomic mass is 19.4. The number of rotatable bonds is 2. The third-order valence-corrected chi connectivity index (χ3v) is 5.43. The highest BCUT2D eigenvalue weighted by Gasteiger charge is 2.41. The number of piperidine rings is 1. The lowest BCUT2D eigenvalue weighted by Crippen LogP contribution is -2.39. The highest BCUT2D eigenvalue weighted by molar-refractivity contribution is 5.69. The number of anilines is 2. The molecule has 0 bridgehead atoms. The Morgan fingerprint density at radius 2 is 1.61 bits per heavy atom. The van der Waals surface area contributed by atoms with Crippen LogP contribution in [0.15, 0.2) is 18.2 Å². The summed E-state index contributed by atoms with van der Waals surface area (Å²) in [5.74, 6) is -0.572. The number of hydrogen-bond donors (Lipinski definition) is 1. The van der Waals surface area contributed by atoms with Crippen molar-refractivity contribution in [3.05, 3.63) is 23.8 Å². The number of hydrogen-bond acceptors (Lipinski definition) is 2. The predicted molar refractivity (Wildman–Crippen MR) is 87.7 cm³/mol. The Morgan fingerprint density at radius 1 is 0.957 bits per heavy atom. The van der Waals surface area contributed by atoms with Crippen LogP contribution in [0.2, 0.25) is 0 Å². The fraction of sp³-hybridized carbons (Fsp3) is 0.667. The van der Waals surface area contributed by atoms with Crippen molar-refractivity contribution in [2.24, 2.45) is 5.92 Å². The summed E-state index contributed by atoms with van der Waals surface area (Å²) in [6.07, 6.45) is 2.56. The minimum absolute atomic E-state index is 0.160. The van der Waals surface area contributed by atoms with E-state index in [9.17, 15) is 13.2 Å². The van der Waals surface area contributed by atoms with Crippen LogP contribution >= 0.6 is 0 Å². The van der Waals surface area contributed by atoms with Crippen LogP contribution < -0.4 is 10.6 Å². The summed E-state index contributed by atoms with van der Waals surface area (Å²) in [5.41, 5.74) is 9.10. The zero-order valence-corrected chi connectivity index (χ0v) is 13.4. The highest BCUT2D eigenvalue weighted by Crippen LogP contribution is 2.38. The molecule has 2 fully saturated rings. The van der Waals surface area contributed by atoms with Crippen LogP contribution in [0.25, 0.3) is 0 Å². The van der Waals surface area contributed by atoms with E-state index in [1.165, 1.54) is 37.7 Å². The summed E-state index contributed by atoms with van der Waals surface area (Å²) in [6.45, 7) is 0.855. The van der Waals surface area contributed by atoms with Gasteiger partial charge < -0.3 is 10.6 Å². The van der Waals surface area contributed by atoms with Crippen molar-refractivity contribution >= 4 is 11.4 Å². The largest absolute Gasteiger partial charge is 0.397 e. The second-order valence-corrected chi connectivity index (χ2v) is 6.96. The third-order valence-electron chi connectivity index (χ3n) is 5.43. The van der Waals surface area contributed by atoms with Gasteiger partial charge in [-0.25, -0.2) is 0 Å². The van der Waals surface area contributed by atoms with Gasteiger partial charge in [-0.1, -0.05) is 25.3 Å². The zero-order valence-electron chi connectivity index (χ0n) is 13.4. The van der Waals surface area contributed by atoms with Crippen LogP contribution in [0.1, 0.15) is 56.4 Å². The Hall–Kier alpha value is -1.39. The van der Waals surface area contributed by atoms with E-state index in [1.54, 1.807) is 0 Å². The molecule has 1 aromatic carbocycles. The lowest BCUT2D eigenvalue weighted by Gasteiger charge is -2.35. The summed E-state index contributed by atoms with van der Waals surface area (Å²) in [5, 5.41) is 0. The molecule has 1 saturated heterocycles. The van der Waals surface area contributed by atoms with E-state index in [2.05, 4.69) is 6.07 Å². The number of nitrogen functional groups attached to an aromatic ring is 1. The average Bonchev–Trinajstić information content (AvgIpc) is 2.55. The maximum absolute atomic E-state index is 12.8. The SMILES string of the molecule is Nc1cc(C2CCCCC2)ccc1N1CCC(C(F)(F)F)CC1. The Labute approximate surface area is 135 Å². The van der Waals surface area contributed by atoms with Crippen LogP contribution in [0.4, 0.5) is 24.5 Å². The van der Waals surface area contributed by atoms with E-state index in [0.717, 1.165) is 5.69 Å². The second kappa shape index (κ2) is 6.62. The lowest BCUT2D eigenvalue weighted by atomic mass is 9.84. The summed E-state index contributed by atoms with van der Waals surface area (Å²) in [6, 6.07) is 6.17. The fourth-order valence-electron chi connectivity index (χ4n) is 4.00. The lowest BCUT2D eigenvalue weighted by molar-refractivity contribution is -0.179. The van der Waals surface area contributed by atoms with E-state index >= 15 is 0 Å². The zero-order chi connectivity index (χ0) is 16.4. The molecule has 23 heavy (non-hydrogen) atoms. The summed E-state index contributed by atoms with van der Waals surface area (Å²) in [4.78, 5) is 2.00. The molecular formula is C18H25F3N2. The van der Waals surface area contributed by atoms with Crippen LogP contribution in [-0.2, 0) is 0 Å². The first-order valence-corrected chi connectivity index (χ1v) is 8.66. The number of nitrogens with two attached hydrogens (primary N) is 1. The van der Waals surface area contributed by atoms with Gasteiger partial charge in [-0.05, 0) is 49.3 Å². The fourth-order valence-corrected chi connectivity index (χ4v) is 4.00. The van der Waals surface area contributed by atoms with Crippen molar-refractivity contribution in [2.75, 3.05) is 23.7 Å². The van der Waals surface area contributed by atoms with Crippen LogP contribution in [0, 0.1) is 5.92 Å². The van der Waals surface area contributed by atoms with Gasteiger partial charge in [-0.15, -0.1) is 0 Å². The van der Waals surface area contributed by atoms with E-state index in [1.807, 2.05) is 17.0 Å². The first kappa shape index (κ1) is 16.5. The van der Waals surface area contributed by atoms with E-state index < -0.39 is 12.1 Å². The molecule has 0 spiro atoms. The molecule has 0 atom stereocenters. The van der Waals surface area contributed by atoms with Crippen LogP contribution in [-0.4, -0.2) is 19.3 Å². The average molecular weight is 326 g/mol. The number of benzene rings is 1. The van der Waals surface area contributed by atoms with E-state index in [4.69, 9.17) is 5.73 Å². The molecule has 0 amide bonds. The normalized spacial score (nSPS) is 21.6. The molecule has 2 N–H and O–H groups in total. The number of nitrogens with zero attached hydrogens (tertiary/aromatic N) is 1. The van der Waals surface area contributed by atoms with Gasteiger partial charge in [0.05, 0.1) is 17.3 Å². The van der Waals surface area contributed by atoms with Gasteiger partial charge in [0.15, 0.2) is 0 Å². The summed E-state index contributed by atoms with van der Waals surface area (Å²) in [7, 11) is 0. The van der Waals surface area contributed by atoms with Gasteiger partial charge in [0, 0.05) is 13.1 Å². The Bertz CT molecular complexity index is 528. The summed E-state index contributed by atoms with van der Waals surface area (Å²) < 4.78 is 38.3. The molecule has 1 aromatic rings. The van der Waals surface area contributed by atoms with Crippen molar-refractivity contribution in [3.63, 3.8) is 0 Å². The van der Waals surface area contributed by atoms with Crippen molar-refractivity contribution in [2.45, 2.75) is 57.0 Å². The summed E-state index contributed by atoms with van der Waals surface area (Å²) >= 11 is 0. The first-order valence-electron chi connectivity index (χ1n) is 8.66. The predicted octanol–water partition coefficient (Wildman–Crippen LogP) is 5.10. The van der Waals surface area contributed by atoms with Gasteiger partial charge in [0.25, 0.3) is 0 Å². The Balaban J connectivity index is 1.67. The van der Waals surface area contributed by atoms with Crippen molar-refractivity contribution in [3.8, 4) is 0 Å². The molecule has 3 rings (SSSR count). The molecule has 0 aromatic heterocycles. The molecule has 0 radical (unpaired) electrons. The van der Waals surface area contributed by atoms with E-state index in [-0.39, 0.29) is 12.8 Å². The van der Waals surface area contributed by atoms with Gasteiger partial charge >= 0.3 is 6.18 Å². The monoisotopic (exact) mass is 326 g/mol. The molecule has 2 nitrogen and oxygen atoms in total. The third kappa shape index (κ3) is 3.75. The quantitative estimate of drug-likeness (QED) is 0.767. The smallest absolute Gasteiger partial charge is 0.391 e. The number of halogens is 3. The van der Waals surface area contributed by atoms with Gasteiger partial charge in [0.2, 0.25) is 0 Å². The topological polar surface area (TPSA) is 29.3 Å². The van der Waals surface area contributed by atoms with Crippen LogP contribution in [0.5, 0.6) is 0 Å². The molecule has 1 saturated carbocycles. The maximum atomic E-state index is 12.8. The molecule has 1 aliphatic carbocycles. The molecule has 2 aliphatic rings. The molecule has 0 unspecified atom stereocenters. The van der Waals surface area contributed by atoms with E-state index in [0.29, 0.717) is 24.7 Å². The van der Waals surface area contributed by atoms with Crippen molar-refractivity contribution < 1.29 is 13.2 Å². The van der Waals surface area contributed by atoms with Crippen molar-refractivity contribution in [1.82, 2.24) is 0 Å². The molecule has 1 heterocycles. The minimum Gasteiger partial charge on any atom is -0.397 e. The van der Waals surface area contributed by atoms with Gasteiger partial charge in [-0.3, -0.25) is 0 Å². The van der Waals surface area contributed by atoms with Gasteiger partial charge in [0.1, 0.15) is 0 Å². The maximum Gasteiger partial charge on any atom is 0.391 e. The molecular weight excluding hydrogens is 301 g/mol. The first-order chi connectivity index (χ1) is 10.9. The Morgan fingerprint density at radius 3 is 2.17 bits per heavy atom. The molecule has 1 aliphatic heterocycles. The molecule has 128 valence electrons. The second-order valence-electron chi connectivity index (χ2n) is 6.96. The Kier molecular flexibility index (Phi) is 4.74.